The maximum absolute atomic E-state index is 13.1. The number of benzene rings is 1. The fraction of sp³-hybridized carbons (Fsp3) is 0.774. The molecule has 1 saturated heterocycles. The van der Waals surface area contributed by atoms with Gasteiger partial charge in [-0.2, -0.15) is 0 Å². The summed E-state index contributed by atoms with van der Waals surface area (Å²) in [5, 5.41) is 14.2. The number of methoxy groups -OCH3 is 2. The zero-order chi connectivity index (χ0) is 29.2. The first-order valence-corrected chi connectivity index (χ1v) is 14.9. The summed E-state index contributed by atoms with van der Waals surface area (Å²) in [4.78, 5) is 13.1. The highest BCUT2D eigenvalue weighted by atomic mass is 16.6. The lowest BCUT2D eigenvalue weighted by atomic mass is 9.81. The van der Waals surface area contributed by atoms with E-state index in [2.05, 4.69) is 25.2 Å². The number of aliphatic hydroxyl groups excluding tert-OH is 1. The van der Waals surface area contributed by atoms with Crippen molar-refractivity contribution in [3.8, 4) is 11.5 Å². The molecule has 228 valence electrons. The fourth-order valence-corrected chi connectivity index (χ4v) is 5.56. The molecular weight excluding hydrogens is 512 g/mol. The predicted molar refractivity (Wildman–Crippen MR) is 155 cm³/mol. The number of ether oxygens (including phenoxy) is 5. The molecule has 1 aliphatic heterocycles. The summed E-state index contributed by atoms with van der Waals surface area (Å²) in [6.07, 6.45) is 2.02. The monoisotopic (exact) mass is 564 g/mol. The van der Waals surface area contributed by atoms with Gasteiger partial charge in [0.1, 0.15) is 0 Å². The molecular formula is C31H52N2O7. The van der Waals surface area contributed by atoms with Crippen molar-refractivity contribution in [1.82, 2.24) is 5.32 Å². The maximum Gasteiger partial charge on any atom is 0.223 e. The molecule has 1 aliphatic carbocycles. The van der Waals surface area contributed by atoms with Crippen molar-refractivity contribution in [3.05, 3.63) is 23.8 Å². The van der Waals surface area contributed by atoms with Crippen molar-refractivity contribution >= 4 is 5.91 Å². The van der Waals surface area contributed by atoms with Crippen molar-refractivity contribution < 1.29 is 33.6 Å². The van der Waals surface area contributed by atoms with Crippen LogP contribution in [-0.2, 0) is 25.4 Å². The van der Waals surface area contributed by atoms with Gasteiger partial charge in [0.15, 0.2) is 11.5 Å². The highest BCUT2D eigenvalue weighted by Gasteiger charge is 2.54. The van der Waals surface area contributed by atoms with E-state index in [0.717, 1.165) is 24.2 Å². The molecule has 1 unspecified atom stereocenters. The molecule has 0 aromatic heterocycles. The Balaban J connectivity index is 1.54. The Labute approximate surface area is 240 Å². The molecule has 1 aromatic rings. The molecule has 7 atom stereocenters. The Bertz CT molecular complexity index is 900. The van der Waals surface area contributed by atoms with E-state index in [-0.39, 0.29) is 41.8 Å². The second-order valence-electron chi connectivity index (χ2n) is 12.0. The minimum absolute atomic E-state index is 0.0402. The van der Waals surface area contributed by atoms with Crippen molar-refractivity contribution in [3.63, 3.8) is 0 Å². The molecule has 0 spiro atoms. The summed E-state index contributed by atoms with van der Waals surface area (Å²) < 4.78 is 27.9. The summed E-state index contributed by atoms with van der Waals surface area (Å²) in [5.74, 6) is 1.98. The first-order valence-electron chi connectivity index (χ1n) is 14.9. The van der Waals surface area contributed by atoms with Crippen LogP contribution in [0.1, 0.15) is 52.5 Å². The van der Waals surface area contributed by atoms with Crippen LogP contribution in [0, 0.1) is 29.6 Å². The van der Waals surface area contributed by atoms with Crippen LogP contribution >= 0.6 is 0 Å². The number of carbonyl (C=O) groups is 1. The van der Waals surface area contributed by atoms with Crippen molar-refractivity contribution in [2.24, 2.45) is 35.3 Å². The Kier molecular flexibility index (Phi) is 13.0. The van der Waals surface area contributed by atoms with Gasteiger partial charge in [-0.25, -0.2) is 0 Å². The quantitative estimate of drug-likeness (QED) is 0.233. The minimum Gasteiger partial charge on any atom is -0.493 e. The van der Waals surface area contributed by atoms with E-state index in [1.54, 1.807) is 14.2 Å². The Morgan fingerprint density at radius 2 is 1.75 bits per heavy atom. The van der Waals surface area contributed by atoms with Gasteiger partial charge >= 0.3 is 0 Å². The summed E-state index contributed by atoms with van der Waals surface area (Å²) in [6, 6.07) is 5.60. The van der Waals surface area contributed by atoms with E-state index < -0.39 is 12.1 Å². The van der Waals surface area contributed by atoms with Gasteiger partial charge in [-0.1, -0.05) is 33.8 Å². The summed E-state index contributed by atoms with van der Waals surface area (Å²) in [7, 11) is 3.32. The van der Waals surface area contributed by atoms with Gasteiger partial charge in [0.25, 0.3) is 0 Å². The molecule has 1 aromatic carbocycles. The molecule has 40 heavy (non-hydrogen) atoms. The van der Waals surface area contributed by atoms with Gasteiger partial charge in [-0.15, -0.1) is 0 Å². The molecule has 0 radical (unpaired) electrons. The number of nitrogens with one attached hydrogen (secondary N) is 1. The highest BCUT2D eigenvalue weighted by molar-refractivity contribution is 5.79. The number of hydrogen-bond donors (Lipinski definition) is 3. The number of aliphatic hydroxyl groups is 1. The average Bonchev–Trinajstić information content (AvgIpc) is 3.65. The minimum atomic E-state index is -0.773. The zero-order valence-electron chi connectivity index (χ0n) is 25.3. The van der Waals surface area contributed by atoms with Gasteiger partial charge < -0.3 is 39.8 Å². The molecule has 1 amide bonds. The summed E-state index contributed by atoms with van der Waals surface area (Å²) >= 11 is 0. The summed E-state index contributed by atoms with van der Waals surface area (Å²) in [5.41, 5.74) is 7.70. The van der Waals surface area contributed by atoms with E-state index >= 15 is 0 Å². The van der Waals surface area contributed by atoms with Crippen LogP contribution < -0.4 is 20.5 Å². The number of rotatable bonds is 18. The molecule has 9 nitrogen and oxygen atoms in total. The topological polar surface area (TPSA) is 122 Å². The maximum atomic E-state index is 13.1. The molecule has 9 heteroatoms. The van der Waals surface area contributed by atoms with Crippen molar-refractivity contribution in [2.45, 2.75) is 77.7 Å². The molecule has 2 fully saturated rings. The SMILES string of the molecule is COCCCOc1cc(C[C@@H](C[C@H](N)[C@@H](O)C[C@H](C(=O)NCC2[C@H]3OCCO[C@@H]23)C(C)C)C(C)C)ccc1OC. The van der Waals surface area contributed by atoms with Gasteiger partial charge in [0.05, 0.1) is 45.2 Å². The van der Waals surface area contributed by atoms with E-state index in [9.17, 15) is 9.90 Å². The third-order valence-electron chi connectivity index (χ3n) is 8.37. The van der Waals surface area contributed by atoms with Crippen LogP contribution in [0.3, 0.4) is 0 Å². The summed E-state index contributed by atoms with van der Waals surface area (Å²) in [6.45, 7) is 11.4. The number of nitrogens with two attached hydrogens (primary N) is 1. The largest absolute Gasteiger partial charge is 0.493 e. The average molecular weight is 565 g/mol. The van der Waals surface area contributed by atoms with Gasteiger partial charge in [-0.05, 0) is 54.7 Å². The third-order valence-corrected chi connectivity index (χ3v) is 8.37. The van der Waals surface area contributed by atoms with Crippen LogP contribution in [0.2, 0.25) is 0 Å². The second kappa shape index (κ2) is 15.9. The number of amides is 1. The lowest BCUT2D eigenvalue weighted by Crippen LogP contribution is -2.43. The van der Waals surface area contributed by atoms with Crippen LogP contribution in [0.15, 0.2) is 18.2 Å². The Hall–Kier alpha value is -1.91. The van der Waals surface area contributed by atoms with E-state index in [0.29, 0.717) is 57.5 Å². The molecule has 1 heterocycles. The zero-order valence-corrected chi connectivity index (χ0v) is 25.3. The number of carbonyl (C=O) groups excluding carboxylic acids is 1. The standard InChI is InChI=1S/C31H52N2O7/c1-19(2)22(14-21-8-9-27(37-6)28(15-21)38-11-7-10-36-5)16-25(32)26(34)17-23(20(3)4)31(35)33-18-24-29-30(24)40-13-12-39-29/h8-9,15,19-20,22-26,29-30,34H,7,10-14,16-18,32H2,1-6H3,(H,33,35)/t22-,23-,24?,25-,26-,29-,30+/m0/s1. The van der Waals surface area contributed by atoms with Crippen LogP contribution in [0.5, 0.6) is 11.5 Å². The van der Waals surface area contributed by atoms with Crippen LogP contribution in [0.4, 0.5) is 0 Å². The number of fused-ring (bicyclic) bond motifs is 1. The van der Waals surface area contributed by atoms with E-state index in [4.69, 9.17) is 29.4 Å². The molecule has 1 saturated carbocycles. The van der Waals surface area contributed by atoms with Crippen molar-refractivity contribution in [2.75, 3.05) is 47.2 Å². The predicted octanol–water partition coefficient (Wildman–Crippen LogP) is 3.20. The third kappa shape index (κ3) is 9.31. The Morgan fingerprint density at radius 1 is 1.05 bits per heavy atom. The lowest BCUT2D eigenvalue weighted by Gasteiger charge is -2.30. The van der Waals surface area contributed by atoms with Gasteiger partial charge in [0.2, 0.25) is 5.91 Å². The molecule has 2 aliphatic rings. The first-order chi connectivity index (χ1) is 19.2. The fourth-order valence-electron chi connectivity index (χ4n) is 5.56. The normalized spacial score (nSPS) is 23.3. The molecule has 4 N–H and O–H groups in total. The van der Waals surface area contributed by atoms with E-state index in [1.165, 1.54) is 0 Å². The highest BCUT2D eigenvalue weighted by Crippen LogP contribution is 2.39. The number of hydrogen-bond acceptors (Lipinski definition) is 8. The lowest BCUT2D eigenvalue weighted by molar-refractivity contribution is -0.127. The molecule has 0 bridgehead atoms. The van der Waals surface area contributed by atoms with Crippen LogP contribution in [0.25, 0.3) is 0 Å². The van der Waals surface area contributed by atoms with Crippen molar-refractivity contribution in [1.29, 1.82) is 0 Å². The van der Waals surface area contributed by atoms with Gasteiger partial charge in [0, 0.05) is 44.6 Å². The Morgan fingerprint density at radius 3 is 2.35 bits per heavy atom. The smallest absolute Gasteiger partial charge is 0.223 e. The second-order valence-corrected chi connectivity index (χ2v) is 12.0. The molecule has 3 rings (SSSR count). The van der Waals surface area contributed by atoms with Crippen LogP contribution in [-0.4, -0.2) is 82.6 Å². The van der Waals surface area contributed by atoms with E-state index in [1.807, 2.05) is 26.0 Å². The first kappa shape index (κ1) is 32.6. The van der Waals surface area contributed by atoms with Gasteiger partial charge in [-0.3, -0.25) is 4.79 Å².